The minimum Gasteiger partial charge on any atom is -0.398 e. The zero-order valence-corrected chi connectivity index (χ0v) is 10.2. The SMILES string of the molecule is CC(C)Cn1ncnc1Cc1cnccc1N. The molecule has 0 unspecified atom stereocenters. The van der Waals surface area contributed by atoms with Gasteiger partial charge in [0.25, 0.3) is 0 Å². The van der Waals surface area contributed by atoms with Crippen molar-refractivity contribution in [1.29, 1.82) is 0 Å². The molecule has 17 heavy (non-hydrogen) atoms. The third-order valence-corrected chi connectivity index (χ3v) is 2.52. The van der Waals surface area contributed by atoms with Crippen molar-refractivity contribution in [2.45, 2.75) is 26.8 Å². The first-order valence-electron chi connectivity index (χ1n) is 5.72. The molecule has 0 bridgehead atoms. The summed E-state index contributed by atoms with van der Waals surface area (Å²) in [6.45, 7) is 5.18. The Bertz CT molecular complexity index is 489. The summed E-state index contributed by atoms with van der Waals surface area (Å²) in [5.74, 6) is 1.47. The number of nitrogens with zero attached hydrogens (tertiary/aromatic N) is 4. The normalized spacial score (nSPS) is 11.0. The number of nitrogens with two attached hydrogens (primary N) is 1. The van der Waals surface area contributed by atoms with Gasteiger partial charge in [0.15, 0.2) is 0 Å². The maximum atomic E-state index is 5.89. The van der Waals surface area contributed by atoms with Gasteiger partial charge in [0.05, 0.1) is 0 Å². The van der Waals surface area contributed by atoms with Gasteiger partial charge in [-0.15, -0.1) is 0 Å². The van der Waals surface area contributed by atoms with Crippen LogP contribution in [-0.2, 0) is 13.0 Å². The van der Waals surface area contributed by atoms with E-state index in [1.807, 2.05) is 4.68 Å². The number of anilines is 1. The fraction of sp³-hybridized carbons (Fsp3) is 0.417. The van der Waals surface area contributed by atoms with Crippen LogP contribution < -0.4 is 5.73 Å². The van der Waals surface area contributed by atoms with Crippen molar-refractivity contribution in [3.63, 3.8) is 0 Å². The molecule has 0 atom stereocenters. The minimum absolute atomic E-state index is 0.543. The maximum absolute atomic E-state index is 5.89. The van der Waals surface area contributed by atoms with Crippen molar-refractivity contribution in [2.75, 3.05) is 5.73 Å². The Balaban J connectivity index is 2.19. The second-order valence-corrected chi connectivity index (χ2v) is 4.50. The molecule has 0 aliphatic carbocycles. The molecule has 0 aromatic carbocycles. The Kier molecular flexibility index (Phi) is 3.37. The zero-order chi connectivity index (χ0) is 12.3. The average molecular weight is 231 g/mol. The molecular formula is C12H17N5. The van der Waals surface area contributed by atoms with Crippen molar-refractivity contribution >= 4 is 5.69 Å². The van der Waals surface area contributed by atoms with E-state index in [9.17, 15) is 0 Å². The van der Waals surface area contributed by atoms with Gasteiger partial charge in [-0.25, -0.2) is 9.67 Å². The summed E-state index contributed by atoms with van der Waals surface area (Å²) in [6.07, 6.45) is 5.73. The molecule has 2 rings (SSSR count). The predicted octanol–water partition coefficient (Wildman–Crippen LogP) is 1.50. The molecule has 0 aliphatic rings. The van der Waals surface area contributed by atoms with E-state index >= 15 is 0 Å². The van der Waals surface area contributed by atoms with E-state index in [1.165, 1.54) is 0 Å². The summed E-state index contributed by atoms with van der Waals surface area (Å²) >= 11 is 0. The monoisotopic (exact) mass is 231 g/mol. The molecule has 0 fully saturated rings. The summed E-state index contributed by atoms with van der Waals surface area (Å²) in [5.41, 5.74) is 7.63. The van der Waals surface area contributed by atoms with E-state index in [2.05, 4.69) is 28.9 Å². The van der Waals surface area contributed by atoms with E-state index in [1.54, 1.807) is 24.8 Å². The fourth-order valence-corrected chi connectivity index (χ4v) is 1.68. The standard InChI is InChI=1S/C12H17N5/c1-9(2)7-17-12(15-8-16-17)5-10-6-14-4-3-11(10)13/h3-4,6,8-9H,5,7H2,1-2H3,(H2,13,14). The lowest BCUT2D eigenvalue weighted by Crippen LogP contribution is -2.11. The van der Waals surface area contributed by atoms with E-state index in [0.29, 0.717) is 12.3 Å². The van der Waals surface area contributed by atoms with Gasteiger partial charge in [0, 0.05) is 36.6 Å². The van der Waals surface area contributed by atoms with Crippen molar-refractivity contribution in [2.24, 2.45) is 5.92 Å². The maximum Gasteiger partial charge on any atom is 0.138 e. The third-order valence-electron chi connectivity index (χ3n) is 2.52. The van der Waals surface area contributed by atoms with Crippen LogP contribution in [0.5, 0.6) is 0 Å². The van der Waals surface area contributed by atoms with Gasteiger partial charge in [0.1, 0.15) is 12.2 Å². The average Bonchev–Trinajstić information content (AvgIpc) is 2.68. The Labute approximate surface area is 101 Å². The summed E-state index contributed by atoms with van der Waals surface area (Å²) in [6, 6.07) is 1.80. The molecule has 0 saturated heterocycles. The molecule has 90 valence electrons. The van der Waals surface area contributed by atoms with E-state index < -0.39 is 0 Å². The molecule has 0 spiro atoms. The summed E-state index contributed by atoms with van der Waals surface area (Å²) < 4.78 is 1.93. The predicted molar refractivity (Wildman–Crippen MR) is 66.3 cm³/mol. The summed E-state index contributed by atoms with van der Waals surface area (Å²) in [7, 11) is 0. The lowest BCUT2D eigenvalue weighted by molar-refractivity contribution is 0.469. The van der Waals surface area contributed by atoms with Crippen LogP contribution in [0.15, 0.2) is 24.8 Å². The topological polar surface area (TPSA) is 69.6 Å². The summed E-state index contributed by atoms with van der Waals surface area (Å²) in [4.78, 5) is 8.35. The molecule has 2 heterocycles. The van der Waals surface area contributed by atoms with Crippen LogP contribution in [0.25, 0.3) is 0 Å². The van der Waals surface area contributed by atoms with Crippen molar-refractivity contribution in [1.82, 2.24) is 19.7 Å². The molecule has 2 N–H and O–H groups in total. The number of nitrogen functional groups attached to an aromatic ring is 1. The van der Waals surface area contributed by atoms with Gasteiger partial charge in [0.2, 0.25) is 0 Å². The van der Waals surface area contributed by atoms with Crippen LogP contribution in [0.3, 0.4) is 0 Å². The quantitative estimate of drug-likeness (QED) is 0.865. The molecule has 0 aliphatic heterocycles. The highest BCUT2D eigenvalue weighted by atomic mass is 15.3. The lowest BCUT2D eigenvalue weighted by Gasteiger charge is -2.09. The Morgan fingerprint density at radius 2 is 2.24 bits per heavy atom. The Morgan fingerprint density at radius 1 is 1.41 bits per heavy atom. The van der Waals surface area contributed by atoms with Crippen LogP contribution in [0.4, 0.5) is 5.69 Å². The smallest absolute Gasteiger partial charge is 0.138 e. The minimum atomic E-state index is 0.543. The second kappa shape index (κ2) is 4.95. The number of pyridine rings is 1. The highest BCUT2D eigenvalue weighted by Gasteiger charge is 2.08. The Morgan fingerprint density at radius 3 is 2.94 bits per heavy atom. The van der Waals surface area contributed by atoms with E-state index in [-0.39, 0.29) is 0 Å². The Hall–Kier alpha value is -1.91. The van der Waals surface area contributed by atoms with Crippen molar-refractivity contribution in [3.05, 3.63) is 36.2 Å². The van der Waals surface area contributed by atoms with Crippen molar-refractivity contribution in [3.8, 4) is 0 Å². The first-order chi connectivity index (χ1) is 8.16. The van der Waals surface area contributed by atoms with Crippen LogP contribution in [-0.4, -0.2) is 19.7 Å². The molecule has 0 saturated carbocycles. The molecule has 5 nitrogen and oxygen atoms in total. The molecule has 0 radical (unpaired) electrons. The molecule has 2 aromatic rings. The van der Waals surface area contributed by atoms with Gasteiger partial charge >= 0.3 is 0 Å². The van der Waals surface area contributed by atoms with Gasteiger partial charge in [-0.2, -0.15) is 5.10 Å². The molecule has 0 amide bonds. The number of rotatable bonds is 4. The highest BCUT2D eigenvalue weighted by molar-refractivity contribution is 5.45. The largest absolute Gasteiger partial charge is 0.398 e. The number of hydrogen-bond acceptors (Lipinski definition) is 4. The van der Waals surface area contributed by atoms with Gasteiger partial charge in [-0.05, 0) is 12.0 Å². The first-order valence-corrected chi connectivity index (χ1v) is 5.72. The van der Waals surface area contributed by atoms with Gasteiger partial charge in [-0.3, -0.25) is 4.98 Å². The molecule has 2 aromatic heterocycles. The van der Waals surface area contributed by atoms with Crippen LogP contribution in [0, 0.1) is 5.92 Å². The zero-order valence-electron chi connectivity index (χ0n) is 10.2. The number of hydrogen-bond donors (Lipinski definition) is 1. The molecule has 5 heteroatoms. The summed E-state index contributed by atoms with van der Waals surface area (Å²) in [5, 5.41) is 4.23. The van der Waals surface area contributed by atoms with Crippen LogP contribution in [0.2, 0.25) is 0 Å². The second-order valence-electron chi connectivity index (χ2n) is 4.50. The van der Waals surface area contributed by atoms with E-state index in [4.69, 9.17) is 5.73 Å². The molecular weight excluding hydrogens is 214 g/mol. The highest BCUT2D eigenvalue weighted by Crippen LogP contribution is 2.13. The van der Waals surface area contributed by atoms with Crippen LogP contribution in [0.1, 0.15) is 25.2 Å². The van der Waals surface area contributed by atoms with Crippen molar-refractivity contribution < 1.29 is 0 Å². The van der Waals surface area contributed by atoms with Gasteiger partial charge < -0.3 is 5.73 Å². The first kappa shape index (κ1) is 11.6. The van der Waals surface area contributed by atoms with E-state index in [0.717, 1.165) is 23.6 Å². The lowest BCUT2D eigenvalue weighted by atomic mass is 10.1. The fourth-order valence-electron chi connectivity index (χ4n) is 1.68. The third kappa shape index (κ3) is 2.81. The number of aromatic nitrogens is 4. The van der Waals surface area contributed by atoms with Gasteiger partial charge in [-0.1, -0.05) is 13.8 Å². The van der Waals surface area contributed by atoms with Crippen LogP contribution >= 0.6 is 0 Å².